The van der Waals surface area contributed by atoms with E-state index in [1.165, 1.54) is 36.4 Å². The first-order valence-electron chi connectivity index (χ1n) is 43.9. The van der Waals surface area contributed by atoms with Gasteiger partial charge >= 0.3 is 7.12 Å². The second-order valence-corrected chi connectivity index (χ2v) is 19.6. The zero-order valence-electron chi connectivity index (χ0n) is 79.9. The first kappa shape index (κ1) is 27.3. The first-order valence-corrected chi connectivity index (χ1v) is 26.9. The van der Waals surface area contributed by atoms with Crippen molar-refractivity contribution < 1.29 is 68.2 Å². The van der Waals surface area contributed by atoms with E-state index in [-0.39, 0.29) is 108 Å². The number of fused-ring (bicyclic) bond motifs is 6. The van der Waals surface area contributed by atoms with Crippen LogP contribution in [0.5, 0.6) is 0 Å². The molecule has 16 aromatic rings. The summed E-state index contributed by atoms with van der Waals surface area (Å²) in [6.45, 7) is 0. The topological polar surface area (TPSA) is 66.7 Å². The second kappa shape index (κ2) is 23.9. The minimum atomic E-state index is -1.34. The molecule has 86 heavy (non-hydrogen) atoms. The fourth-order valence-corrected chi connectivity index (χ4v) is 11.0. The standard InChI is InChI=1S/C40H26O.C34H21IO.C6H7BO2/c1-4-14-27(15-5-1)30-24-25-36-35(26-30)39(40(41-36)29-18-8-3-9-19-29)38-33-22-12-10-20-31(33)37(28-16-6-2-7-17-28)32-21-11-13-23-34(32)38;35-34-33(29-21-24(19-20-30(29)36-34)22-11-3-1-4-12-22)32-27-17-9-7-15-25(27)31(23-13-5-2-6-14-23)26-16-8-10-18-28(26)32;8-7(9)6-4-2-1-3-5-6/h1-26H;1-21H;1-5,8-9H/i1D,2D,4D,5D,6D,7D,10D,11D,12D,13D,14D,15D,16D,17D,20D,21D,22D,23D;1D,2D,3D,4D,5D,6D,7D,8D,9D,10D,11D,12D,13D,14D,15D,16D,17D,18D;. The summed E-state index contributed by atoms with van der Waals surface area (Å²) in [5.74, 6) is 0.0665. The number of hydrogen-bond donors (Lipinski definition) is 2. The predicted molar refractivity (Wildman–Crippen MR) is 369 cm³/mol. The van der Waals surface area contributed by atoms with Crippen LogP contribution in [-0.4, -0.2) is 17.2 Å². The first-order chi connectivity index (χ1) is 57.4. The van der Waals surface area contributed by atoms with Crippen molar-refractivity contribution in [3.63, 3.8) is 0 Å². The van der Waals surface area contributed by atoms with Gasteiger partial charge in [-0.3, -0.25) is 0 Å². The van der Waals surface area contributed by atoms with Crippen LogP contribution >= 0.6 is 22.6 Å². The lowest BCUT2D eigenvalue weighted by Crippen LogP contribution is -2.29. The van der Waals surface area contributed by atoms with E-state index in [9.17, 15) is 8.22 Å². The molecule has 2 N–H and O–H groups in total. The Bertz CT molecular complexity index is 7050. The van der Waals surface area contributed by atoms with Gasteiger partial charge in [0.15, 0.2) is 3.77 Å². The molecule has 0 aliphatic carbocycles. The molecule has 6 heteroatoms. The minimum Gasteiger partial charge on any atom is -0.455 e. The Balaban J connectivity index is 0.000000181. The Kier molecular flexibility index (Phi) is 7.58. The highest BCUT2D eigenvalue weighted by Crippen LogP contribution is 2.51. The molecule has 0 fully saturated rings. The molecule has 16 rings (SSSR count). The van der Waals surface area contributed by atoms with Gasteiger partial charge in [0.05, 0.1) is 49.3 Å². The third-order valence-corrected chi connectivity index (χ3v) is 14.6. The molecule has 0 saturated carbocycles. The fourth-order valence-electron chi connectivity index (χ4n) is 10.2. The molecule has 0 amide bonds. The maximum atomic E-state index is 9.41. The van der Waals surface area contributed by atoms with Crippen LogP contribution in [0.15, 0.2) is 323 Å². The van der Waals surface area contributed by atoms with Crippen LogP contribution in [0.25, 0.3) is 143 Å². The summed E-state index contributed by atoms with van der Waals surface area (Å²) in [5.41, 5.74) is -0.991. The van der Waals surface area contributed by atoms with E-state index < -0.39 is 258 Å². The molecule has 14 aromatic carbocycles. The van der Waals surface area contributed by atoms with E-state index >= 15 is 0 Å². The molecule has 4 nitrogen and oxygen atoms in total. The summed E-state index contributed by atoms with van der Waals surface area (Å²) in [6.07, 6.45) is 0. The number of benzene rings is 14. The molecule has 0 aliphatic rings. The summed E-state index contributed by atoms with van der Waals surface area (Å²) in [4.78, 5) is 0. The van der Waals surface area contributed by atoms with Crippen molar-refractivity contribution in [2.75, 3.05) is 0 Å². The summed E-state index contributed by atoms with van der Waals surface area (Å²) < 4.78 is 326. The van der Waals surface area contributed by atoms with Crippen LogP contribution < -0.4 is 5.46 Å². The van der Waals surface area contributed by atoms with Crippen molar-refractivity contribution in [1.82, 2.24) is 0 Å². The fraction of sp³-hybridized carbons (Fsp3) is 0. The van der Waals surface area contributed by atoms with Crippen LogP contribution in [0.2, 0.25) is 0 Å². The van der Waals surface area contributed by atoms with E-state index in [2.05, 4.69) is 0 Å². The molecular formula is C80H54BIO4. The zero-order chi connectivity index (χ0) is 89.3. The van der Waals surface area contributed by atoms with E-state index in [4.69, 9.17) is 60.0 Å². The van der Waals surface area contributed by atoms with Gasteiger partial charge in [0.2, 0.25) is 0 Å². The Labute approximate surface area is 563 Å². The van der Waals surface area contributed by atoms with Crippen molar-refractivity contribution in [2.45, 2.75) is 0 Å². The molecule has 0 atom stereocenters. The lowest BCUT2D eigenvalue weighted by atomic mass is 9.81. The van der Waals surface area contributed by atoms with Gasteiger partial charge in [0.25, 0.3) is 0 Å². The van der Waals surface area contributed by atoms with Gasteiger partial charge in [0.1, 0.15) is 16.9 Å². The average Bonchev–Trinajstić information content (AvgIpc) is 1.04. The summed E-state index contributed by atoms with van der Waals surface area (Å²) in [5, 5.41) is 14.6. The van der Waals surface area contributed by atoms with E-state index in [1.807, 2.05) is 28.7 Å². The maximum Gasteiger partial charge on any atom is 0.488 e. The molecule has 0 bridgehead atoms. The molecule has 0 aliphatic heterocycles. The molecule has 2 heterocycles. The average molecular weight is 1250 g/mol. The lowest BCUT2D eigenvalue weighted by Gasteiger charge is -2.18. The highest BCUT2D eigenvalue weighted by molar-refractivity contribution is 14.1. The van der Waals surface area contributed by atoms with E-state index in [0.717, 1.165) is 0 Å². The maximum absolute atomic E-state index is 9.41. The third-order valence-electron chi connectivity index (χ3n) is 13.8. The van der Waals surface area contributed by atoms with E-state index in [0.29, 0.717) is 11.0 Å². The Hall–Kier alpha value is -10.1. The highest BCUT2D eigenvalue weighted by atomic mass is 127. The number of furan rings is 2. The quantitative estimate of drug-likeness (QED) is 0.0904. The Morgan fingerprint density at radius 1 is 0.279 bits per heavy atom. The van der Waals surface area contributed by atoms with Gasteiger partial charge < -0.3 is 18.9 Å². The van der Waals surface area contributed by atoms with Crippen LogP contribution in [0.1, 0.15) is 49.3 Å². The number of hydrogen-bond acceptors (Lipinski definition) is 4. The van der Waals surface area contributed by atoms with Gasteiger partial charge in [-0.2, -0.15) is 0 Å². The molecule has 0 saturated heterocycles. The van der Waals surface area contributed by atoms with Gasteiger partial charge in [-0.25, -0.2) is 0 Å². The van der Waals surface area contributed by atoms with Crippen LogP contribution in [0.4, 0.5) is 0 Å². The normalized spacial score (nSPS) is 17.1. The predicted octanol–water partition coefficient (Wildman–Crippen LogP) is 21.1. The smallest absolute Gasteiger partial charge is 0.455 e. The van der Waals surface area contributed by atoms with Crippen molar-refractivity contribution in [3.05, 3.63) is 318 Å². The number of rotatable bonds is 8. The molecule has 2 aromatic heterocycles. The molecule has 0 spiro atoms. The monoisotopic (exact) mass is 1250 g/mol. The van der Waals surface area contributed by atoms with Crippen LogP contribution in [0.3, 0.4) is 0 Å². The second-order valence-electron chi connectivity index (χ2n) is 18.6. The van der Waals surface area contributed by atoms with Crippen molar-refractivity contribution in [3.8, 4) is 78.1 Å². The van der Waals surface area contributed by atoms with Crippen molar-refractivity contribution >= 4 is 100 Å². The summed E-state index contributed by atoms with van der Waals surface area (Å²) in [7, 11) is -1.34. The van der Waals surface area contributed by atoms with Crippen LogP contribution in [-0.2, 0) is 0 Å². The van der Waals surface area contributed by atoms with E-state index in [1.54, 1.807) is 54.6 Å². The largest absolute Gasteiger partial charge is 0.488 e. The summed E-state index contributed by atoms with van der Waals surface area (Å²) >= 11 is 1.81. The molecular weight excluding hydrogens is 1160 g/mol. The zero-order valence-corrected chi connectivity index (χ0v) is 46.1. The SMILES string of the molecule is OB(O)c1ccccc1.[2H]c1c([2H])c([2H])c(-c2ccc3oc(-c4ccccc4)c(-c4c5c([2H])c([2H])c([2H])c([2H])c5c(-c5c([2H])c([2H])c([2H])c([2H])c5[2H])c5c([2H])c([2H])c([2H])c([2H])c45)c3c2)c([2H])c1[2H].[2H]c1c([2H])c([2H])c(-c2ccc3oc(I)c(-c4c5c([2H])c([2H])c([2H])c([2H])c5c(-c5c([2H])c([2H])c([2H])c([2H])c5[2H])c5c([2H])c([2H])c([2H])c([2H])c45)c3c2)c([2H])c1[2H]. The third kappa shape index (κ3) is 10.2. The molecule has 0 unspecified atom stereocenters. The minimum absolute atomic E-state index is 0.0399. The number of halogens is 1. The van der Waals surface area contributed by atoms with Crippen molar-refractivity contribution in [1.29, 1.82) is 0 Å². The van der Waals surface area contributed by atoms with Crippen LogP contribution in [0, 0.1) is 3.77 Å². The van der Waals surface area contributed by atoms with Gasteiger partial charge in [-0.1, -0.05) is 290 Å². The van der Waals surface area contributed by atoms with Gasteiger partial charge in [-0.05, 0) is 117 Å². The highest BCUT2D eigenvalue weighted by Gasteiger charge is 2.26. The van der Waals surface area contributed by atoms with Gasteiger partial charge in [0, 0.05) is 61.2 Å². The lowest BCUT2D eigenvalue weighted by molar-refractivity contribution is 0.426. The van der Waals surface area contributed by atoms with Gasteiger partial charge in [-0.15, -0.1) is 0 Å². The van der Waals surface area contributed by atoms with Crippen molar-refractivity contribution in [2.24, 2.45) is 0 Å². The Morgan fingerprint density at radius 3 is 0.988 bits per heavy atom. The molecule has 408 valence electrons. The summed E-state index contributed by atoms with van der Waals surface area (Å²) in [6, 6.07) is 0.950. The molecule has 0 radical (unpaired) electrons. The Morgan fingerprint density at radius 2 is 0.605 bits per heavy atom.